The third kappa shape index (κ3) is 7.60. The Labute approximate surface area is 161 Å². The van der Waals surface area contributed by atoms with E-state index in [1.165, 1.54) is 18.5 Å². The summed E-state index contributed by atoms with van der Waals surface area (Å²) in [6.45, 7) is 4.70. The van der Waals surface area contributed by atoms with Crippen molar-refractivity contribution in [1.29, 1.82) is 0 Å². The number of nitrogens with zero attached hydrogens (tertiary/aromatic N) is 5. The topological polar surface area (TPSA) is 141 Å². The number of aromatic hydroxyl groups is 1. The first-order valence-corrected chi connectivity index (χ1v) is 8.54. The predicted molar refractivity (Wildman–Crippen MR) is 97.2 cm³/mol. The molecule has 150 valence electrons. The molecular weight excluding hydrogens is 368 g/mol. The lowest BCUT2D eigenvalue weighted by Crippen LogP contribution is -2.31. The highest BCUT2D eigenvalue weighted by Gasteiger charge is 2.06. The molecule has 0 atom stereocenters. The van der Waals surface area contributed by atoms with E-state index in [1.54, 1.807) is 10.9 Å². The molecule has 11 heteroatoms. The van der Waals surface area contributed by atoms with Gasteiger partial charge in [-0.2, -0.15) is 0 Å². The van der Waals surface area contributed by atoms with Gasteiger partial charge in [0.05, 0.1) is 26.0 Å². The van der Waals surface area contributed by atoms with Crippen molar-refractivity contribution in [3.8, 4) is 17.3 Å². The molecule has 0 saturated heterocycles. The first kappa shape index (κ1) is 21.1. The normalized spacial score (nSPS) is 10.6. The van der Waals surface area contributed by atoms with Crippen LogP contribution in [0.5, 0.6) is 6.01 Å². The second-order valence-corrected chi connectivity index (χ2v) is 5.63. The maximum absolute atomic E-state index is 11.5. The first-order valence-electron chi connectivity index (χ1n) is 8.54. The van der Waals surface area contributed by atoms with E-state index in [2.05, 4.69) is 32.2 Å². The van der Waals surface area contributed by atoms with Gasteiger partial charge in [0.1, 0.15) is 18.9 Å². The molecule has 2 rings (SSSR count). The number of hydrogen-bond donors (Lipinski definition) is 2. The second-order valence-electron chi connectivity index (χ2n) is 5.63. The van der Waals surface area contributed by atoms with E-state index in [4.69, 9.17) is 14.6 Å². The third-order valence-electron chi connectivity index (χ3n) is 3.37. The number of nitrogens with one attached hydrogen (secondary N) is 1. The molecule has 28 heavy (non-hydrogen) atoms. The highest BCUT2D eigenvalue weighted by atomic mass is 16.5. The van der Waals surface area contributed by atoms with E-state index in [0.29, 0.717) is 37.6 Å². The summed E-state index contributed by atoms with van der Waals surface area (Å²) in [7, 11) is 0. The minimum absolute atomic E-state index is 0.105. The van der Waals surface area contributed by atoms with Crippen molar-refractivity contribution in [2.24, 2.45) is 0 Å². The molecular formula is C17H22N6O5. The first-order chi connectivity index (χ1) is 13.6. The maximum atomic E-state index is 11.5. The predicted octanol–water partition coefficient (Wildman–Crippen LogP) is -0.265. The number of rotatable bonds is 13. The molecule has 0 aromatic carbocycles. The summed E-state index contributed by atoms with van der Waals surface area (Å²) in [6, 6.07) is -0.302. The van der Waals surface area contributed by atoms with E-state index in [1.807, 2.05) is 0 Å². The molecule has 0 unspecified atom stereocenters. The number of hydrogen-bond acceptors (Lipinski definition) is 9. The Hall–Kier alpha value is -3.18. The zero-order valence-corrected chi connectivity index (χ0v) is 15.3. The van der Waals surface area contributed by atoms with Crippen LogP contribution in [0, 0.1) is 0 Å². The van der Waals surface area contributed by atoms with Crippen molar-refractivity contribution in [2.75, 3.05) is 33.0 Å². The minimum atomic E-state index is -0.313. The van der Waals surface area contributed by atoms with Crippen molar-refractivity contribution < 1.29 is 24.2 Å². The molecule has 0 bridgehead atoms. The van der Waals surface area contributed by atoms with Gasteiger partial charge in [-0.3, -0.25) is 9.59 Å². The number of allylic oxidation sites excluding steroid dienone is 1. The molecule has 1 amide bonds. The Morgan fingerprint density at radius 3 is 2.75 bits per heavy atom. The number of carbonyl (C=O) groups is 2. The maximum Gasteiger partial charge on any atom is 0.313 e. The molecule has 0 fully saturated rings. The van der Waals surface area contributed by atoms with Gasteiger partial charge in [-0.1, -0.05) is 11.3 Å². The molecule has 0 saturated carbocycles. The lowest BCUT2D eigenvalue weighted by atomic mass is 10.3. The zero-order chi connectivity index (χ0) is 20.2. The summed E-state index contributed by atoms with van der Waals surface area (Å²) in [5.41, 5.74) is 1.22. The number of Topliss-reactive ketones (excluding diaryl/α,β-unsaturated/α-hetero) is 1. The van der Waals surface area contributed by atoms with Crippen LogP contribution in [0.1, 0.15) is 6.42 Å². The van der Waals surface area contributed by atoms with Crippen molar-refractivity contribution in [3.63, 3.8) is 0 Å². The highest BCUT2D eigenvalue weighted by molar-refractivity contribution is 5.82. The van der Waals surface area contributed by atoms with E-state index < -0.39 is 0 Å². The van der Waals surface area contributed by atoms with E-state index >= 15 is 0 Å². The van der Waals surface area contributed by atoms with Crippen LogP contribution in [0.2, 0.25) is 0 Å². The molecule has 0 spiro atoms. The Morgan fingerprint density at radius 2 is 2.00 bits per heavy atom. The van der Waals surface area contributed by atoms with Gasteiger partial charge in [0.15, 0.2) is 5.78 Å². The fourth-order valence-electron chi connectivity index (χ4n) is 2.04. The van der Waals surface area contributed by atoms with Crippen molar-refractivity contribution in [2.45, 2.75) is 13.0 Å². The lowest BCUT2D eigenvalue weighted by molar-refractivity contribution is -0.129. The molecule has 0 aliphatic rings. The zero-order valence-electron chi connectivity index (χ0n) is 15.3. The van der Waals surface area contributed by atoms with E-state index in [9.17, 15) is 9.59 Å². The summed E-state index contributed by atoms with van der Waals surface area (Å²) < 4.78 is 12.0. The number of aromatic nitrogens is 5. The number of carbonyl (C=O) groups excluding carboxylic acids is 2. The van der Waals surface area contributed by atoms with Crippen molar-refractivity contribution in [1.82, 2.24) is 30.3 Å². The Morgan fingerprint density at radius 1 is 1.21 bits per heavy atom. The van der Waals surface area contributed by atoms with Crippen LogP contribution in [-0.2, 0) is 25.6 Å². The van der Waals surface area contributed by atoms with Gasteiger partial charge in [0.25, 0.3) is 0 Å². The Bertz CT molecular complexity index is 777. The summed E-state index contributed by atoms with van der Waals surface area (Å²) >= 11 is 0. The third-order valence-corrected chi connectivity index (χ3v) is 3.37. The van der Waals surface area contributed by atoms with Crippen LogP contribution < -0.4 is 5.32 Å². The van der Waals surface area contributed by atoms with E-state index in [0.717, 1.165) is 0 Å². The van der Waals surface area contributed by atoms with Crippen molar-refractivity contribution >= 4 is 11.7 Å². The molecule has 11 nitrogen and oxygen atoms in total. The van der Waals surface area contributed by atoms with Crippen LogP contribution in [0.4, 0.5) is 0 Å². The SMILES string of the molecule is C=CCC(=O)COCC(=O)NCCOCCn1cc(-c2cnc(O)nc2)nn1. The second kappa shape index (κ2) is 11.5. The number of amides is 1. The van der Waals surface area contributed by atoms with Gasteiger partial charge in [0.2, 0.25) is 5.91 Å². The molecule has 0 radical (unpaired) electrons. The van der Waals surface area contributed by atoms with Crippen LogP contribution in [-0.4, -0.2) is 74.7 Å². The van der Waals surface area contributed by atoms with Crippen LogP contribution in [0.15, 0.2) is 31.2 Å². The molecule has 2 aromatic rings. The van der Waals surface area contributed by atoms with Crippen molar-refractivity contribution in [3.05, 3.63) is 31.2 Å². The average Bonchev–Trinajstić information content (AvgIpc) is 3.14. The monoisotopic (exact) mass is 390 g/mol. The average molecular weight is 390 g/mol. The fourth-order valence-corrected chi connectivity index (χ4v) is 2.04. The smallest absolute Gasteiger partial charge is 0.313 e. The Balaban J connectivity index is 1.55. The van der Waals surface area contributed by atoms with Gasteiger partial charge in [-0.15, -0.1) is 11.7 Å². The summed E-state index contributed by atoms with van der Waals surface area (Å²) in [6.07, 6.45) is 6.34. The lowest BCUT2D eigenvalue weighted by Gasteiger charge is -2.07. The summed E-state index contributed by atoms with van der Waals surface area (Å²) in [5, 5.41) is 19.7. The highest BCUT2D eigenvalue weighted by Crippen LogP contribution is 2.14. The van der Waals surface area contributed by atoms with E-state index in [-0.39, 0.29) is 37.3 Å². The molecule has 2 N–H and O–H groups in total. The van der Waals surface area contributed by atoms with Gasteiger partial charge in [-0.25, -0.2) is 14.6 Å². The fraction of sp³-hybridized carbons (Fsp3) is 0.412. The molecule has 2 aromatic heterocycles. The summed E-state index contributed by atoms with van der Waals surface area (Å²) in [4.78, 5) is 30.1. The molecule has 0 aliphatic heterocycles. The minimum Gasteiger partial charge on any atom is -0.479 e. The standard InChI is InChI=1S/C17H22N6O5/c1-2-3-14(24)11-28-12-16(25)18-4-6-27-7-5-23-10-15(21-22-23)13-8-19-17(26)20-9-13/h2,8-10H,1,3-7,11-12H2,(H,18,25)(H,19,20,26). The molecule has 0 aliphatic carbocycles. The van der Waals surface area contributed by atoms with Crippen LogP contribution in [0.3, 0.4) is 0 Å². The quantitative estimate of drug-likeness (QED) is 0.349. The van der Waals surface area contributed by atoms with Gasteiger partial charge in [-0.05, 0) is 0 Å². The van der Waals surface area contributed by atoms with Crippen LogP contribution in [0.25, 0.3) is 11.3 Å². The van der Waals surface area contributed by atoms with Gasteiger partial charge in [0, 0.05) is 30.9 Å². The van der Waals surface area contributed by atoms with Gasteiger partial charge < -0.3 is 19.9 Å². The molecule has 2 heterocycles. The number of ether oxygens (including phenoxy) is 2. The Kier molecular flexibility index (Phi) is 8.69. The number of ketones is 1. The summed E-state index contributed by atoms with van der Waals surface area (Å²) in [5.74, 6) is -0.438. The van der Waals surface area contributed by atoms with Crippen LogP contribution >= 0.6 is 0 Å². The largest absolute Gasteiger partial charge is 0.479 e. The van der Waals surface area contributed by atoms with Gasteiger partial charge >= 0.3 is 6.01 Å².